The summed E-state index contributed by atoms with van der Waals surface area (Å²) in [4.78, 5) is 13.6. The summed E-state index contributed by atoms with van der Waals surface area (Å²) in [5.41, 5.74) is 1.74. The molecule has 0 atom stereocenters. The topological polar surface area (TPSA) is 69.1 Å². The Kier molecular flexibility index (Phi) is 3.72. The van der Waals surface area contributed by atoms with Gasteiger partial charge < -0.3 is 4.42 Å². The van der Waals surface area contributed by atoms with Gasteiger partial charge in [-0.25, -0.2) is 15.0 Å². The maximum Gasteiger partial charge on any atom is 0.204 e. The second kappa shape index (κ2) is 5.90. The Morgan fingerprint density at radius 1 is 1.21 bits per heavy atom. The minimum atomic E-state index is 0.333. The molecule has 4 aromatic rings. The third-order valence-electron chi connectivity index (χ3n) is 3.72. The minimum Gasteiger partial charge on any atom is -0.445 e. The molecule has 3 heterocycles. The number of para-hydroxylation sites is 1. The van der Waals surface area contributed by atoms with Crippen molar-refractivity contribution in [2.45, 2.75) is 37.6 Å². The molecule has 122 valence electrons. The van der Waals surface area contributed by atoms with Gasteiger partial charge in [-0.05, 0) is 19.1 Å². The van der Waals surface area contributed by atoms with Crippen LogP contribution in [0.3, 0.4) is 0 Å². The van der Waals surface area contributed by atoms with Crippen LogP contribution in [0.25, 0.3) is 16.6 Å². The van der Waals surface area contributed by atoms with Crippen molar-refractivity contribution in [3.8, 4) is 0 Å². The Morgan fingerprint density at radius 2 is 2.04 bits per heavy atom. The van der Waals surface area contributed by atoms with Gasteiger partial charge in [-0.3, -0.25) is 0 Å². The highest BCUT2D eigenvalue weighted by atomic mass is 32.2. The highest BCUT2D eigenvalue weighted by Crippen LogP contribution is 2.26. The summed E-state index contributed by atoms with van der Waals surface area (Å²) in [7, 11) is 0. The molecular formula is C17H17N5OS. The second-order valence-electron chi connectivity index (χ2n) is 5.91. The van der Waals surface area contributed by atoms with Crippen LogP contribution in [0.15, 0.2) is 40.0 Å². The van der Waals surface area contributed by atoms with Gasteiger partial charge in [0.05, 0.1) is 17.5 Å². The lowest BCUT2D eigenvalue weighted by Gasteiger charge is -2.05. The fourth-order valence-electron chi connectivity index (χ4n) is 2.51. The molecule has 4 rings (SSSR count). The minimum absolute atomic E-state index is 0.333. The van der Waals surface area contributed by atoms with Gasteiger partial charge in [0.25, 0.3) is 0 Å². The van der Waals surface area contributed by atoms with Crippen molar-refractivity contribution in [2.75, 3.05) is 0 Å². The molecule has 0 amide bonds. The SMILES string of the molecule is Cc1nc2c3ccccc3nc(SCc3ncc(C(C)C)o3)n2n1. The zero-order chi connectivity index (χ0) is 16.7. The van der Waals surface area contributed by atoms with E-state index in [1.807, 2.05) is 31.2 Å². The van der Waals surface area contributed by atoms with E-state index in [2.05, 4.69) is 28.9 Å². The molecule has 6 nitrogen and oxygen atoms in total. The molecule has 0 saturated heterocycles. The van der Waals surface area contributed by atoms with E-state index in [9.17, 15) is 0 Å². The third-order valence-corrected chi connectivity index (χ3v) is 4.63. The van der Waals surface area contributed by atoms with Crippen molar-refractivity contribution >= 4 is 28.3 Å². The van der Waals surface area contributed by atoms with Crippen LogP contribution in [0.1, 0.15) is 37.2 Å². The van der Waals surface area contributed by atoms with E-state index in [4.69, 9.17) is 9.40 Å². The summed E-state index contributed by atoms with van der Waals surface area (Å²) in [6, 6.07) is 7.97. The van der Waals surface area contributed by atoms with Crippen LogP contribution in [0, 0.1) is 6.92 Å². The standard InChI is InChI=1S/C17H17N5OS/c1-10(2)14-8-18-15(23-14)9-24-17-20-13-7-5-4-6-12(13)16-19-11(3)21-22(16)17/h4-8,10H,9H2,1-3H3. The van der Waals surface area contributed by atoms with Crippen LogP contribution in [-0.2, 0) is 5.75 Å². The highest BCUT2D eigenvalue weighted by molar-refractivity contribution is 7.98. The largest absolute Gasteiger partial charge is 0.445 e. The van der Waals surface area contributed by atoms with Gasteiger partial charge in [-0.1, -0.05) is 37.7 Å². The van der Waals surface area contributed by atoms with Crippen molar-refractivity contribution in [1.82, 2.24) is 24.6 Å². The summed E-state index contributed by atoms with van der Waals surface area (Å²) >= 11 is 1.55. The number of oxazole rings is 1. The molecule has 1 aromatic carbocycles. The third kappa shape index (κ3) is 2.65. The predicted molar refractivity (Wildman–Crippen MR) is 93.2 cm³/mol. The number of rotatable bonds is 4. The maximum atomic E-state index is 5.77. The van der Waals surface area contributed by atoms with Gasteiger partial charge in [-0.15, -0.1) is 5.10 Å². The van der Waals surface area contributed by atoms with E-state index >= 15 is 0 Å². The lowest BCUT2D eigenvalue weighted by atomic mass is 10.2. The molecule has 24 heavy (non-hydrogen) atoms. The fraction of sp³-hybridized carbons (Fsp3) is 0.294. The monoisotopic (exact) mass is 339 g/mol. The first-order valence-electron chi connectivity index (χ1n) is 7.81. The van der Waals surface area contributed by atoms with Gasteiger partial charge in [0.2, 0.25) is 5.89 Å². The number of nitrogens with zero attached hydrogens (tertiary/aromatic N) is 5. The highest BCUT2D eigenvalue weighted by Gasteiger charge is 2.14. The van der Waals surface area contributed by atoms with Crippen molar-refractivity contribution in [3.05, 3.63) is 47.9 Å². The quantitative estimate of drug-likeness (QED) is 0.414. The number of hydrogen-bond acceptors (Lipinski definition) is 6. The molecule has 0 bridgehead atoms. The van der Waals surface area contributed by atoms with Gasteiger partial charge in [0, 0.05) is 11.3 Å². The van der Waals surface area contributed by atoms with Gasteiger partial charge >= 0.3 is 0 Å². The van der Waals surface area contributed by atoms with Crippen molar-refractivity contribution in [1.29, 1.82) is 0 Å². The molecule has 0 radical (unpaired) electrons. The van der Waals surface area contributed by atoms with Crippen LogP contribution >= 0.6 is 11.8 Å². The number of aryl methyl sites for hydroxylation is 1. The molecule has 0 aliphatic rings. The van der Waals surface area contributed by atoms with E-state index in [-0.39, 0.29) is 0 Å². The molecule has 7 heteroatoms. The summed E-state index contributed by atoms with van der Waals surface area (Å²) in [5.74, 6) is 3.27. The van der Waals surface area contributed by atoms with Crippen molar-refractivity contribution in [3.63, 3.8) is 0 Å². The maximum absolute atomic E-state index is 5.77. The van der Waals surface area contributed by atoms with E-state index in [0.717, 1.165) is 33.3 Å². The van der Waals surface area contributed by atoms with E-state index in [1.165, 1.54) is 0 Å². The molecule has 0 fully saturated rings. The molecule has 0 spiro atoms. The summed E-state index contributed by atoms with van der Waals surface area (Å²) in [6.07, 6.45) is 1.80. The first kappa shape index (κ1) is 15.1. The number of benzene rings is 1. The lowest BCUT2D eigenvalue weighted by molar-refractivity contribution is 0.453. The average molecular weight is 339 g/mol. The smallest absolute Gasteiger partial charge is 0.204 e. The summed E-state index contributed by atoms with van der Waals surface area (Å²) < 4.78 is 7.57. The van der Waals surface area contributed by atoms with Crippen LogP contribution in [0.5, 0.6) is 0 Å². The van der Waals surface area contributed by atoms with Crippen molar-refractivity contribution < 1.29 is 4.42 Å². The van der Waals surface area contributed by atoms with Gasteiger partial charge in [0.15, 0.2) is 10.8 Å². The summed E-state index contributed by atoms with van der Waals surface area (Å²) in [6.45, 7) is 6.06. The van der Waals surface area contributed by atoms with Crippen LogP contribution in [0.2, 0.25) is 0 Å². The summed E-state index contributed by atoms with van der Waals surface area (Å²) in [5, 5.41) is 6.27. The zero-order valence-electron chi connectivity index (χ0n) is 13.7. The van der Waals surface area contributed by atoms with E-state index in [0.29, 0.717) is 17.6 Å². The zero-order valence-corrected chi connectivity index (χ0v) is 14.5. The van der Waals surface area contributed by atoms with Gasteiger partial charge in [-0.2, -0.15) is 4.52 Å². The number of aromatic nitrogens is 5. The fourth-order valence-corrected chi connectivity index (χ4v) is 3.31. The number of thioether (sulfide) groups is 1. The van der Waals surface area contributed by atoms with Crippen LogP contribution in [0.4, 0.5) is 0 Å². The average Bonchev–Trinajstić information content (AvgIpc) is 3.19. The normalized spacial score (nSPS) is 11.8. The van der Waals surface area contributed by atoms with Crippen molar-refractivity contribution in [2.24, 2.45) is 0 Å². The first-order valence-corrected chi connectivity index (χ1v) is 8.80. The Bertz CT molecular complexity index is 1020. The van der Waals surface area contributed by atoms with Crippen LogP contribution in [-0.4, -0.2) is 24.6 Å². The molecule has 0 aliphatic heterocycles. The number of hydrogen-bond donors (Lipinski definition) is 0. The first-order chi connectivity index (χ1) is 11.6. The Hall–Kier alpha value is -2.41. The molecule has 0 aliphatic carbocycles. The molecule has 3 aromatic heterocycles. The second-order valence-corrected chi connectivity index (χ2v) is 6.85. The Balaban J connectivity index is 1.71. The molecule has 0 N–H and O–H groups in total. The lowest BCUT2D eigenvalue weighted by Crippen LogP contribution is -1.98. The molecular weight excluding hydrogens is 322 g/mol. The van der Waals surface area contributed by atoms with Crippen LogP contribution < -0.4 is 0 Å². The molecule has 0 unspecified atom stereocenters. The Labute approximate surface area is 143 Å². The Morgan fingerprint density at radius 3 is 2.83 bits per heavy atom. The predicted octanol–water partition coefficient (Wildman–Crippen LogP) is 3.99. The van der Waals surface area contributed by atoms with E-state index in [1.54, 1.807) is 22.5 Å². The number of fused-ring (bicyclic) bond motifs is 3. The van der Waals surface area contributed by atoms with Gasteiger partial charge in [0.1, 0.15) is 11.6 Å². The van der Waals surface area contributed by atoms with E-state index < -0.39 is 0 Å². The molecule has 0 saturated carbocycles.